The number of halogens is 4. The van der Waals surface area contributed by atoms with Crippen molar-refractivity contribution in [2.24, 2.45) is 0 Å². The predicted octanol–water partition coefficient (Wildman–Crippen LogP) is 6.30. The first-order chi connectivity index (χ1) is 18.0. The number of anilines is 2. The number of benzene rings is 2. The standard InChI is InChI=1S/C27H27ClF3N5O2/c1-16(33-25-15-32-14-24(28)35-25)19-4-3-5-23(13-19)34-26(38)21-10-20(11-22(12-21)27(29,30)31)18-6-8-36(9-7-18)17(2)37/h3-5,10-16,18H,6-9H2,1-2H3,(H,33,35)(H,34,38)/t16-/m0/s1. The van der Waals surface area contributed by atoms with Crippen molar-refractivity contribution in [1.82, 2.24) is 14.9 Å². The summed E-state index contributed by atoms with van der Waals surface area (Å²) in [4.78, 5) is 34.5. The summed E-state index contributed by atoms with van der Waals surface area (Å²) in [5.74, 6) is -0.397. The van der Waals surface area contributed by atoms with Gasteiger partial charge < -0.3 is 15.5 Å². The molecule has 4 rings (SSSR count). The second-order valence-corrected chi connectivity index (χ2v) is 9.68. The monoisotopic (exact) mass is 545 g/mol. The van der Waals surface area contributed by atoms with Crippen molar-refractivity contribution in [3.8, 4) is 0 Å². The molecule has 1 aliphatic heterocycles. The Labute approximate surface area is 223 Å². The molecule has 2 N–H and O–H groups in total. The number of carbonyl (C=O) groups excluding carboxylic acids is 2. The zero-order chi connectivity index (χ0) is 27.4. The number of hydrogen-bond donors (Lipinski definition) is 2. The van der Waals surface area contributed by atoms with E-state index < -0.39 is 17.6 Å². The topological polar surface area (TPSA) is 87.2 Å². The molecular weight excluding hydrogens is 519 g/mol. The van der Waals surface area contributed by atoms with Gasteiger partial charge in [0.05, 0.1) is 24.0 Å². The molecular formula is C27H27ClF3N5O2. The molecule has 38 heavy (non-hydrogen) atoms. The lowest BCUT2D eigenvalue weighted by molar-refractivity contribution is -0.137. The Bertz CT molecular complexity index is 1330. The molecule has 0 radical (unpaired) electrons. The number of nitrogens with zero attached hydrogens (tertiary/aromatic N) is 3. The van der Waals surface area contributed by atoms with Crippen LogP contribution in [0.2, 0.25) is 5.15 Å². The van der Waals surface area contributed by atoms with Crippen LogP contribution in [0.5, 0.6) is 0 Å². The molecule has 11 heteroatoms. The fraction of sp³-hybridized carbons (Fsp3) is 0.333. The summed E-state index contributed by atoms with van der Waals surface area (Å²) in [6, 6.07) is 10.3. The minimum Gasteiger partial charge on any atom is -0.362 e. The summed E-state index contributed by atoms with van der Waals surface area (Å²) >= 11 is 5.89. The van der Waals surface area contributed by atoms with E-state index >= 15 is 0 Å². The number of carbonyl (C=O) groups is 2. The fourth-order valence-corrected chi connectivity index (χ4v) is 4.66. The second-order valence-electron chi connectivity index (χ2n) is 9.29. The summed E-state index contributed by atoms with van der Waals surface area (Å²) in [6.07, 6.45) is -0.585. The number of rotatable bonds is 6. The van der Waals surface area contributed by atoms with Gasteiger partial charge in [-0.15, -0.1) is 0 Å². The molecule has 2 aromatic carbocycles. The first kappa shape index (κ1) is 27.4. The number of piperidine rings is 1. The van der Waals surface area contributed by atoms with E-state index in [0.717, 1.165) is 17.7 Å². The van der Waals surface area contributed by atoms with Crippen LogP contribution >= 0.6 is 11.6 Å². The maximum Gasteiger partial charge on any atom is 0.416 e. The fourth-order valence-electron chi connectivity index (χ4n) is 4.52. The minimum atomic E-state index is -4.60. The van der Waals surface area contributed by atoms with Gasteiger partial charge in [-0.3, -0.25) is 14.6 Å². The molecule has 1 atom stereocenters. The van der Waals surface area contributed by atoms with Crippen molar-refractivity contribution in [1.29, 1.82) is 0 Å². The van der Waals surface area contributed by atoms with Crippen LogP contribution in [0.15, 0.2) is 54.9 Å². The summed E-state index contributed by atoms with van der Waals surface area (Å²) in [7, 11) is 0. The van der Waals surface area contributed by atoms with Crippen LogP contribution in [0.1, 0.15) is 65.7 Å². The highest BCUT2D eigenvalue weighted by atomic mass is 35.5. The van der Waals surface area contributed by atoms with Gasteiger partial charge in [0.15, 0.2) is 0 Å². The SMILES string of the molecule is CC(=O)N1CCC(c2cc(C(=O)Nc3cccc([C@H](C)Nc4cncc(Cl)n4)c3)cc(C(F)(F)F)c2)CC1. The second kappa shape index (κ2) is 11.4. The molecule has 1 fully saturated rings. The zero-order valence-electron chi connectivity index (χ0n) is 20.8. The van der Waals surface area contributed by atoms with Crippen LogP contribution < -0.4 is 10.6 Å². The maximum atomic E-state index is 13.7. The van der Waals surface area contributed by atoms with Gasteiger partial charge in [-0.05, 0) is 67.1 Å². The Kier molecular flexibility index (Phi) is 8.20. The van der Waals surface area contributed by atoms with Gasteiger partial charge in [0.2, 0.25) is 5.91 Å². The summed E-state index contributed by atoms with van der Waals surface area (Å²) in [5.41, 5.74) is 0.749. The molecule has 1 saturated heterocycles. The molecule has 0 bridgehead atoms. The van der Waals surface area contributed by atoms with Crippen LogP contribution in [0.3, 0.4) is 0 Å². The highest BCUT2D eigenvalue weighted by Gasteiger charge is 2.33. The van der Waals surface area contributed by atoms with Gasteiger partial charge in [-0.2, -0.15) is 13.2 Å². The lowest BCUT2D eigenvalue weighted by atomic mass is 9.87. The van der Waals surface area contributed by atoms with Crippen molar-refractivity contribution in [2.45, 2.75) is 44.8 Å². The van der Waals surface area contributed by atoms with E-state index in [4.69, 9.17) is 11.6 Å². The average Bonchev–Trinajstić information content (AvgIpc) is 2.88. The zero-order valence-corrected chi connectivity index (χ0v) is 21.6. The third-order valence-electron chi connectivity index (χ3n) is 6.57. The summed E-state index contributed by atoms with van der Waals surface area (Å²) in [5, 5.41) is 6.13. The molecule has 2 heterocycles. The molecule has 7 nitrogen and oxygen atoms in total. The summed E-state index contributed by atoms with van der Waals surface area (Å²) < 4.78 is 41.1. The largest absolute Gasteiger partial charge is 0.416 e. The molecule has 1 aliphatic rings. The number of alkyl halides is 3. The van der Waals surface area contributed by atoms with Crippen LogP contribution in [-0.4, -0.2) is 39.8 Å². The van der Waals surface area contributed by atoms with Crippen LogP contribution in [0, 0.1) is 0 Å². The number of aromatic nitrogens is 2. The van der Waals surface area contributed by atoms with Crippen LogP contribution in [-0.2, 0) is 11.0 Å². The van der Waals surface area contributed by atoms with E-state index in [-0.39, 0.29) is 28.6 Å². The Morgan fingerprint density at radius 1 is 1.11 bits per heavy atom. The lowest BCUT2D eigenvalue weighted by Crippen LogP contribution is -2.36. The van der Waals surface area contributed by atoms with E-state index in [2.05, 4.69) is 20.6 Å². The molecule has 200 valence electrons. The van der Waals surface area contributed by atoms with Gasteiger partial charge in [0, 0.05) is 31.3 Å². The average molecular weight is 546 g/mol. The molecule has 0 aliphatic carbocycles. The third-order valence-corrected chi connectivity index (χ3v) is 6.75. The predicted molar refractivity (Wildman–Crippen MR) is 139 cm³/mol. The third kappa shape index (κ3) is 6.80. The Morgan fingerprint density at radius 2 is 1.84 bits per heavy atom. The molecule has 2 amide bonds. The van der Waals surface area contributed by atoms with E-state index in [9.17, 15) is 22.8 Å². The van der Waals surface area contributed by atoms with E-state index in [1.54, 1.807) is 23.1 Å². The number of amides is 2. The van der Waals surface area contributed by atoms with Gasteiger partial charge in [-0.25, -0.2) is 4.98 Å². The van der Waals surface area contributed by atoms with Crippen LogP contribution in [0.4, 0.5) is 24.7 Å². The van der Waals surface area contributed by atoms with Crippen molar-refractivity contribution < 1.29 is 22.8 Å². The van der Waals surface area contributed by atoms with E-state index in [1.807, 2.05) is 13.0 Å². The minimum absolute atomic E-state index is 0.0557. The number of likely N-dealkylation sites (tertiary alicyclic amines) is 1. The first-order valence-electron chi connectivity index (χ1n) is 12.1. The highest BCUT2D eigenvalue weighted by molar-refractivity contribution is 6.29. The van der Waals surface area contributed by atoms with E-state index in [0.29, 0.717) is 43.0 Å². The van der Waals surface area contributed by atoms with Gasteiger partial charge in [0.25, 0.3) is 5.91 Å². The smallest absolute Gasteiger partial charge is 0.362 e. The van der Waals surface area contributed by atoms with Gasteiger partial charge in [-0.1, -0.05) is 23.7 Å². The number of nitrogens with one attached hydrogen (secondary N) is 2. The van der Waals surface area contributed by atoms with E-state index in [1.165, 1.54) is 25.4 Å². The van der Waals surface area contributed by atoms with Crippen molar-refractivity contribution >= 4 is 34.9 Å². The van der Waals surface area contributed by atoms with Gasteiger partial charge >= 0.3 is 6.18 Å². The van der Waals surface area contributed by atoms with Crippen molar-refractivity contribution in [2.75, 3.05) is 23.7 Å². The summed E-state index contributed by atoms with van der Waals surface area (Å²) in [6.45, 7) is 4.30. The highest BCUT2D eigenvalue weighted by Crippen LogP contribution is 2.35. The maximum absolute atomic E-state index is 13.7. The quantitative estimate of drug-likeness (QED) is 0.379. The Hall–Kier alpha value is -3.66. The molecule has 0 spiro atoms. The molecule has 3 aromatic rings. The lowest BCUT2D eigenvalue weighted by Gasteiger charge is -2.32. The molecule has 0 unspecified atom stereocenters. The Balaban J connectivity index is 1.53. The Morgan fingerprint density at radius 3 is 2.50 bits per heavy atom. The number of hydrogen-bond acceptors (Lipinski definition) is 5. The first-order valence-corrected chi connectivity index (χ1v) is 12.5. The van der Waals surface area contributed by atoms with Crippen LogP contribution in [0.25, 0.3) is 0 Å². The van der Waals surface area contributed by atoms with Gasteiger partial charge in [0.1, 0.15) is 11.0 Å². The van der Waals surface area contributed by atoms with Crippen molar-refractivity contribution in [3.05, 3.63) is 82.3 Å². The normalized spacial score (nSPS) is 15.2. The molecule has 0 saturated carbocycles. The van der Waals surface area contributed by atoms with Crippen molar-refractivity contribution in [3.63, 3.8) is 0 Å². The molecule has 1 aromatic heterocycles.